The van der Waals surface area contributed by atoms with Gasteiger partial charge in [-0.15, -0.1) is 0 Å². The number of aromatic hydroxyl groups is 1. The molecule has 1 N–H and O–H groups in total. The maximum absolute atomic E-state index is 9.83. The third kappa shape index (κ3) is 2.93. The molecule has 0 aromatic heterocycles. The molecule has 0 spiro atoms. The molecule has 0 bridgehead atoms. The number of phenols is 1. The summed E-state index contributed by atoms with van der Waals surface area (Å²) in [7, 11) is 0. The average molecular weight is 254 g/mol. The smallest absolute Gasteiger partial charge is 0.121 e. The largest absolute Gasteiger partial charge is 0.508 e. The lowest BCUT2D eigenvalue weighted by atomic mass is 9.88. The van der Waals surface area contributed by atoms with E-state index in [4.69, 9.17) is 11.6 Å². The number of hydrogen-bond donors (Lipinski definition) is 1. The highest BCUT2D eigenvalue weighted by Crippen LogP contribution is 2.29. The van der Waals surface area contributed by atoms with E-state index in [1.165, 1.54) is 6.42 Å². The van der Waals surface area contributed by atoms with E-state index in [9.17, 15) is 5.11 Å². The summed E-state index contributed by atoms with van der Waals surface area (Å²) in [5.74, 6) is 1.82. The normalized spacial score (nSPS) is 26.1. The van der Waals surface area contributed by atoms with Crippen LogP contribution in [0, 0.1) is 11.8 Å². The number of benzene rings is 1. The summed E-state index contributed by atoms with van der Waals surface area (Å²) in [5.41, 5.74) is 0.857. The SMILES string of the molecule is CC1CCN(Cc2c(O)cccc2Cl)CC1C. The van der Waals surface area contributed by atoms with Crippen molar-refractivity contribution >= 4 is 11.6 Å². The highest BCUT2D eigenvalue weighted by atomic mass is 35.5. The highest BCUT2D eigenvalue weighted by Gasteiger charge is 2.23. The fraction of sp³-hybridized carbons (Fsp3) is 0.571. The molecule has 1 fully saturated rings. The molecule has 2 nitrogen and oxygen atoms in total. The highest BCUT2D eigenvalue weighted by molar-refractivity contribution is 6.31. The van der Waals surface area contributed by atoms with Crippen molar-refractivity contribution in [2.75, 3.05) is 13.1 Å². The number of piperidine rings is 1. The van der Waals surface area contributed by atoms with Gasteiger partial charge in [-0.3, -0.25) is 4.90 Å². The predicted octanol–water partition coefficient (Wildman–Crippen LogP) is 3.52. The van der Waals surface area contributed by atoms with Gasteiger partial charge in [-0.25, -0.2) is 0 Å². The summed E-state index contributed by atoms with van der Waals surface area (Å²) in [6.45, 7) is 7.54. The third-order valence-corrected chi connectivity index (χ3v) is 4.25. The summed E-state index contributed by atoms with van der Waals surface area (Å²) >= 11 is 6.13. The van der Waals surface area contributed by atoms with E-state index in [0.717, 1.165) is 31.1 Å². The van der Waals surface area contributed by atoms with Crippen LogP contribution in [0.25, 0.3) is 0 Å². The second-order valence-electron chi connectivity index (χ2n) is 5.22. The molecule has 1 aliphatic rings. The Morgan fingerprint density at radius 3 is 2.76 bits per heavy atom. The Bertz CT molecular complexity index is 374. The molecular formula is C14H20ClNO. The zero-order valence-electron chi connectivity index (χ0n) is 10.5. The Kier molecular flexibility index (Phi) is 3.95. The molecule has 1 aromatic rings. The quantitative estimate of drug-likeness (QED) is 0.872. The number of phenolic OH excluding ortho intramolecular Hbond substituents is 1. The van der Waals surface area contributed by atoms with Gasteiger partial charge in [0.25, 0.3) is 0 Å². The Morgan fingerprint density at radius 1 is 1.35 bits per heavy atom. The van der Waals surface area contributed by atoms with Crippen molar-refractivity contribution in [3.8, 4) is 5.75 Å². The number of rotatable bonds is 2. The molecule has 2 rings (SSSR count). The summed E-state index contributed by atoms with van der Waals surface area (Å²) in [5, 5.41) is 10.5. The Balaban J connectivity index is 2.06. The topological polar surface area (TPSA) is 23.5 Å². The molecule has 1 saturated heterocycles. The summed E-state index contributed by atoms with van der Waals surface area (Å²) in [6.07, 6.45) is 1.23. The minimum Gasteiger partial charge on any atom is -0.508 e. The first kappa shape index (κ1) is 12.7. The Labute approximate surface area is 108 Å². The van der Waals surface area contributed by atoms with Gasteiger partial charge >= 0.3 is 0 Å². The number of nitrogens with zero attached hydrogens (tertiary/aromatic N) is 1. The lowest BCUT2D eigenvalue weighted by Crippen LogP contribution is -2.37. The standard InChI is InChI=1S/C14H20ClNO/c1-10-6-7-16(8-11(10)2)9-12-13(15)4-3-5-14(12)17/h3-5,10-11,17H,6-9H2,1-2H3. The molecule has 0 amide bonds. The molecule has 0 aliphatic carbocycles. The molecule has 2 unspecified atom stereocenters. The maximum Gasteiger partial charge on any atom is 0.121 e. The molecule has 1 aliphatic heterocycles. The fourth-order valence-corrected chi connectivity index (χ4v) is 2.65. The number of likely N-dealkylation sites (tertiary alicyclic amines) is 1. The molecule has 1 aromatic carbocycles. The van der Waals surface area contributed by atoms with E-state index in [1.807, 2.05) is 6.07 Å². The van der Waals surface area contributed by atoms with Crippen LogP contribution >= 0.6 is 11.6 Å². The zero-order valence-corrected chi connectivity index (χ0v) is 11.2. The van der Waals surface area contributed by atoms with Gasteiger partial charge in [0.15, 0.2) is 0 Å². The molecule has 2 atom stereocenters. The minimum absolute atomic E-state index is 0.309. The van der Waals surface area contributed by atoms with Crippen LogP contribution in [0.3, 0.4) is 0 Å². The van der Waals surface area contributed by atoms with Crippen LogP contribution in [0.4, 0.5) is 0 Å². The van der Waals surface area contributed by atoms with Gasteiger partial charge in [0, 0.05) is 23.7 Å². The van der Waals surface area contributed by atoms with E-state index in [1.54, 1.807) is 12.1 Å². The molecule has 17 heavy (non-hydrogen) atoms. The van der Waals surface area contributed by atoms with Gasteiger partial charge in [0.2, 0.25) is 0 Å². The lowest BCUT2D eigenvalue weighted by Gasteiger charge is -2.35. The van der Waals surface area contributed by atoms with Gasteiger partial charge in [0.05, 0.1) is 0 Å². The molecule has 3 heteroatoms. The van der Waals surface area contributed by atoms with Gasteiger partial charge in [0.1, 0.15) is 5.75 Å². The molecule has 1 heterocycles. The first-order valence-corrected chi connectivity index (χ1v) is 6.64. The van der Waals surface area contributed by atoms with E-state index in [0.29, 0.717) is 16.7 Å². The Morgan fingerprint density at radius 2 is 2.12 bits per heavy atom. The van der Waals surface area contributed by atoms with Crippen LogP contribution in [0.5, 0.6) is 5.75 Å². The van der Waals surface area contributed by atoms with Crippen LogP contribution in [0.2, 0.25) is 5.02 Å². The van der Waals surface area contributed by atoms with E-state index >= 15 is 0 Å². The predicted molar refractivity (Wildman–Crippen MR) is 71.3 cm³/mol. The van der Waals surface area contributed by atoms with Crippen molar-refractivity contribution in [1.82, 2.24) is 4.90 Å². The molecular weight excluding hydrogens is 234 g/mol. The second kappa shape index (κ2) is 5.28. The lowest BCUT2D eigenvalue weighted by molar-refractivity contribution is 0.131. The third-order valence-electron chi connectivity index (χ3n) is 3.89. The van der Waals surface area contributed by atoms with Crippen LogP contribution in [0.1, 0.15) is 25.8 Å². The van der Waals surface area contributed by atoms with Gasteiger partial charge in [-0.1, -0.05) is 31.5 Å². The van der Waals surface area contributed by atoms with Gasteiger partial charge in [-0.05, 0) is 36.9 Å². The Hall–Kier alpha value is -0.730. The number of hydrogen-bond acceptors (Lipinski definition) is 2. The fourth-order valence-electron chi connectivity index (χ4n) is 2.42. The van der Waals surface area contributed by atoms with E-state index < -0.39 is 0 Å². The van der Waals surface area contributed by atoms with Crippen LogP contribution < -0.4 is 0 Å². The maximum atomic E-state index is 9.83. The van der Waals surface area contributed by atoms with Crippen molar-refractivity contribution in [1.29, 1.82) is 0 Å². The van der Waals surface area contributed by atoms with Gasteiger partial charge < -0.3 is 5.11 Å². The van der Waals surface area contributed by atoms with E-state index in [2.05, 4.69) is 18.7 Å². The van der Waals surface area contributed by atoms with Crippen LogP contribution in [-0.4, -0.2) is 23.1 Å². The van der Waals surface area contributed by atoms with Crippen molar-refractivity contribution in [2.24, 2.45) is 11.8 Å². The van der Waals surface area contributed by atoms with Crippen molar-refractivity contribution in [2.45, 2.75) is 26.8 Å². The van der Waals surface area contributed by atoms with Crippen molar-refractivity contribution < 1.29 is 5.11 Å². The van der Waals surface area contributed by atoms with Crippen LogP contribution in [0.15, 0.2) is 18.2 Å². The molecule has 94 valence electrons. The monoisotopic (exact) mass is 253 g/mol. The number of halogens is 1. The van der Waals surface area contributed by atoms with Crippen LogP contribution in [-0.2, 0) is 6.54 Å². The van der Waals surface area contributed by atoms with Gasteiger partial charge in [-0.2, -0.15) is 0 Å². The summed E-state index contributed by atoms with van der Waals surface area (Å²) in [4.78, 5) is 2.38. The second-order valence-corrected chi connectivity index (χ2v) is 5.62. The average Bonchev–Trinajstić information content (AvgIpc) is 2.28. The van der Waals surface area contributed by atoms with E-state index in [-0.39, 0.29) is 0 Å². The first-order valence-electron chi connectivity index (χ1n) is 6.26. The van der Waals surface area contributed by atoms with Crippen molar-refractivity contribution in [3.63, 3.8) is 0 Å². The van der Waals surface area contributed by atoms with Crippen molar-refractivity contribution in [3.05, 3.63) is 28.8 Å². The zero-order chi connectivity index (χ0) is 12.4. The summed E-state index contributed by atoms with van der Waals surface area (Å²) in [6, 6.07) is 5.33. The first-order chi connectivity index (χ1) is 8.08. The molecule has 0 radical (unpaired) electrons. The minimum atomic E-state index is 0.309. The molecule has 0 saturated carbocycles. The summed E-state index contributed by atoms with van der Waals surface area (Å²) < 4.78 is 0.